The maximum atomic E-state index is 12.4. The van der Waals surface area contributed by atoms with Crippen molar-refractivity contribution in [3.8, 4) is 17.2 Å². The van der Waals surface area contributed by atoms with E-state index in [1.807, 2.05) is 24.3 Å². The molecule has 5 nitrogen and oxygen atoms in total. The Balaban J connectivity index is 1.73. The van der Waals surface area contributed by atoms with Gasteiger partial charge in [-0.05, 0) is 23.8 Å². The average molecular weight is 299 g/mol. The molecule has 0 aliphatic carbocycles. The van der Waals surface area contributed by atoms with Crippen molar-refractivity contribution in [1.82, 2.24) is 0 Å². The fourth-order valence-electron chi connectivity index (χ4n) is 2.44. The van der Waals surface area contributed by atoms with Gasteiger partial charge in [0.15, 0.2) is 6.10 Å². The quantitative estimate of drug-likeness (QED) is 0.943. The molecule has 2 aromatic rings. The van der Waals surface area contributed by atoms with Crippen LogP contribution in [0, 0.1) is 0 Å². The van der Waals surface area contributed by atoms with Gasteiger partial charge in [0.05, 0.1) is 19.9 Å². The Morgan fingerprint density at radius 2 is 2.00 bits per heavy atom. The van der Waals surface area contributed by atoms with Crippen LogP contribution in [0.25, 0.3) is 0 Å². The minimum absolute atomic E-state index is 0.195. The molecule has 22 heavy (non-hydrogen) atoms. The summed E-state index contributed by atoms with van der Waals surface area (Å²) in [5.41, 5.74) is 1.64. The lowest BCUT2D eigenvalue weighted by Gasteiger charge is -2.14. The van der Waals surface area contributed by atoms with Crippen LogP contribution < -0.4 is 19.5 Å². The Hall–Kier alpha value is -2.69. The van der Waals surface area contributed by atoms with Crippen LogP contribution in [0.3, 0.4) is 0 Å². The highest BCUT2D eigenvalue weighted by molar-refractivity contribution is 5.96. The molecule has 1 atom stereocenters. The van der Waals surface area contributed by atoms with E-state index >= 15 is 0 Å². The standard InChI is InChI=1S/C17H17NO4/c1-20-12-7-8-13(15(10-12)21-2)18-17(19)16-9-11-5-3-4-6-14(11)22-16/h3-8,10,16H,9H2,1-2H3,(H,18,19)/t16-/m0/s1. The van der Waals surface area contributed by atoms with Crippen molar-refractivity contribution in [2.45, 2.75) is 12.5 Å². The number of anilines is 1. The smallest absolute Gasteiger partial charge is 0.265 e. The van der Waals surface area contributed by atoms with Crippen LogP contribution in [0.4, 0.5) is 5.69 Å². The highest BCUT2D eigenvalue weighted by atomic mass is 16.5. The SMILES string of the molecule is COc1ccc(NC(=O)[C@@H]2Cc3ccccc3O2)c(OC)c1. The highest BCUT2D eigenvalue weighted by Gasteiger charge is 2.29. The second-order valence-electron chi connectivity index (χ2n) is 4.97. The summed E-state index contributed by atoms with van der Waals surface area (Å²) in [6.45, 7) is 0. The molecule has 0 aromatic heterocycles. The largest absolute Gasteiger partial charge is 0.497 e. The van der Waals surface area contributed by atoms with Crippen LogP contribution in [0.2, 0.25) is 0 Å². The lowest BCUT2D eigenvalue weighted by Crippen LogP contribution is -2.31. The van der Waals surface area contributed by atoms with E-state index in [0.29, 0.717) is 23.6 Å². The second-order valence-corrected chi connectivity index (χ2v) is 4.97. The van der Waals surface area contributed by atoms with Crippen molar-refractivity contribution < 1.29 is 19.0 Å². The zero-order valence-electron chi connectivity index (χ0n) is 12.5. The Labute approximate surface area is 128 Å². The molecule has 1 N–H and O–H groups in total. The maximum absolute atomic E-state index is 12.4. The topological polar surface area (TPSA) is 56.8 Å². The molecule has 114 valence electrons. The molecule has 0 fully saturated rings. The van der Waals surface area contributed by atoms with E-state index < -0.39 is 6.10 Å². The number of benzene rings is 2. The summed E-state index contributed by atoms with van der Waals surface area (Å²) < 4.78 is 16.1. The third-order valence-electron chi connectivity index (χ3n) is 3.61. The van der Waals surface area contributed by atoms with Gasteiger partial charge in [0.2, 0.25) is 0 Å². The normalized spacial score (nSPS) is 15.6. The van der Waals surface area contributed by atoms with Crippen LogP contribution in [-0.4, -0.2) is 26.2 Å². The van der Waals surface area contributed by atoms with Gasteiger partial charge in [-0.1, -0.05) is 18.2 Å². The molecule has 0 unspecified atom stereocenters. The van der Waals surface area contributed by atoms with Crippen LogP contribution in [0.1, 0.15) is 5.56 Å². The lowest BCUT2D eigenvalue weighted by molar-refractivity contribution is -0.122. The number of para-hydroxylation sites is 1. The fraction of sp³-hybridized carbons (Fsp3) is 0.235. The molecule has 1 aliphatic rings. The van der Waals surface area contributed by atoms with Gasteiger partial charge in [0, 0.05) is 12.5 Å². The average Bonchev–Trinajstić information content (AvgIpc) is 2.99. The summed E-state index contributed by atoms with van der Waals surface area (Å²) >= 11 is 0. The van der Waals surface area contributed by atoms with E-state index in [-0.39, 0.29) is 5.91 Å². The highest BCUT2D eigenvalue weighted by Crippen LogP contribution is 2.31. The van der Waals surface area contributed by atoms with Gasteiger partial charge in [-0.3, -0.25) is 4.79 Å². The number of rotatable bonds is 4. The van der Waals surface area contributed by atoms with Gasteiger partial charge in [0.1, 0.15) is 17.2 Å². The van der Waals surface area contributed by atoms with Gasteiger partial charge in [-0.2, -0.15) is 0 Å². The van der Waals surface area contributed by atoms with E-state index in [2.05, 4.69) is 5.32 Å². The Morgan fingerprint density at radius 3 is 2.73 bits per heavy atom. The minimum atomic E-state index is -0.524. The lowest BCUT2D eigenvalue weighted by atomic mass is 10.1. The third kappa shape index (κ3) is 2.70. The minimum Gasteiger partial charge on any atom is -0.497 e. The van der Waals surface area contributed by atoms with Crippen molar-refractivity contribution in [2.75, 3.05) is 19.5 Å². The number of ether oxygens (including phenoxy) is 3. The van der Waals surface area contributed by atoms with Crippen molar-refractivity contribution in [2.24, 2.45) is 0 Å². The number of nitrogens with one attached hydrogen (secondary N) is 1. The predicted octanol–water partition coefficient (Wildman–Crippen LogP) is 2.65. The van der Waals surface area contributed by atoms with Gasteiger partial charge in [-0.25, -0.2) is 0 Å². The molecular formula is C17H17NO4. The zero-order valence-corrected chi connectivity index (χ0v) is 12.5. The fourth-order valence-corrected chi connectivity index (χ4v) is 2.44. The van der Waals surface area contributed by atoms with Gasteiger partial charge in [-0.15, -0.1) is 0 Å². The van der Waals surface area contributed by atoms with Crippen molar-refractivity contribution in [3.63, 3.8) is 0 Å². The Bertz CT molecular complexity index is 674. The molecule has 0 saturated heterocycles. The Kier molecular flexibility index (Phi) is 3.87. The molecule has 0 saturated carbocycles. The van der Waals surface area contributed by atoms with Crippen LogP contribution in [0.15, 0.2) is 42.5 Å². The van der Waals surface area contributed by atoms with E-state index in [1.165, 1.54) is 0 Å². The molecule has 5 heteroatoms. The number of hydrogen-bond donors (Lipinski definition) is 1. The first-order valence-electron chi connectivity index (χ1n) is 6.98. The summed E-state index contributed by atoms with van der Waals surface area (Å²) in [7, 11) is 3.13. The summed E-state index contributed by atoms with van der Waals surface area (Å²) in [4.78, 5) is 12.4. The first-order valence-corrected chi connectivity index (χ1v) is 6.98. The monoisotopic (exact) mass is 299 g/mol. The van der Waals surface area contributed by atoms with Crippen LogP contribution in [0.5, 0.6) is 17.2 Å². The van der Waals surface area contributed by atoms with Crippen molar-refractivity contribution in [3.05, 3.63) is 48.0 Å². The van der Waals surface area contributed by atoms with Gasteiger partial charge in [0.25, 0.3) is 5.91 Å². The predicted molar refractivity (Wildman–Crippen MR) is 82.7 cm³/mol. The third-order valence-corrected chi connectivity index (χ3v) is 3.61. The molecule has 1 heterocycles. The molecule has 1 amide bonds. The number of fused-ring (bicyclic) bond motifs is 1. The van der Waals surface area contributed by atoms with Crippen molar-refractivity contribution in [1.29, 1.82) is 0 Å². The number of amides is 1. The van der Waals surface area contributed by atoms with E-state index in [0.717, 1.165) is 11.3 Å². The number of carbonyl (C=O) groups is 1. The van der Waals surface area contributed by atoms with Gasteiger partial charge < -0.3 is 19.5 Å². The summed E-state index contributed by atoms with van der Waals surface area (Å²) in [6, 6.07) is 12.9. The molecule has 1 aliphatic heterocycles. The molecule has 2 aromatic carbocycles. The maximum Gasteiger partial charge on any atom is 0.265 e. The number of hydrogen-bond acceptors (Lipinski definition) is 4. The zero-order chi connectivity index (χ0) is 15.5. The molecule has 0 spiro atoms. The van der Waals surface area contributed by atoms with Crippen LogP contribution >= 0.6 is 0 Å². The summed E-state index contributed by atoms with van der Waals surface area (Å²) in [5, 5.41) is 2.85. The molecule has 3 rings (SSSR count). The Morgan fingerprint density at radius 1 is 1.18 bits per heavy atom. The molecule has 0 radical (unpaired) electrons. The van der Waals surface area contributed by atoms with Crippen LogP contribution in [-0.2, 0) is 11.2 Å². The first kappa shape index (κ1) is 14.3. The van der Waals surface area contributed by atoms with Gasteiger partial charge >= 0.3 is 0 Å². The molecular weight excluding hydrogens is 282 g/mol. The number of methoxy groups -OCH3 is 2. The van der Waals surface area contributed by atoms with E-state index in [4.69, 9.17) is 14.2 Å². The van der Waals surface area contributed by atoms with Crippen molar-refractivity contribution >= 4 is 11.6 Å². The molecule has 0 bridgehead atoms. The number of carbonyl (C=O) groups excluding carboxylic acids is 1. The van der Waals surface area contributed by atoms with E-state index in [1.54, 1.807) is 32.4 Å². The second kappa shape index (κ2) is 5.97. The summed E-state index contributed by atoms with van der Waals surface area (Å²) in [5.74, 6) is 1.78. The first-order chi connectivity index (χ1) is 10.7. The van der Waals surface area contributed by atoms with E-state index in [9.17, 15) is 4.79 Å². The summed E-state index contributed by atoms with van der Waals surface area (Å²) in [6.07, 6.45) is 0.0460.